The van der Waals surface area contributed by atoms with E-state index >= 15 is 0 Å². The van der Waals surface area contributed by atoms with Crippen LogP contribution in [0.2, 0.25) is 0 Å². The van der Waals surface area contributed by atoms with Crippen molar-refractivity contribution in [3.63, 3.8) is 0 Å². The molecule has 2 rings (SSSR count). The average Bonchev–Trinajstić information content (AvgIpc) is 2.52. The number of hydrazine groups is 1. The number of aliphatic hydroxyl groups is 1. The Morgan fingerprint density at radius 3 is 2.38 bits per heavy atom. The Balaban J connectivity index is 2.03. The van der Waals surface area contributed by atoms with Gasteiger partial charge in [-0.05, 0) is 11.6 Å². The van der Waals surface area contributed by atoms with Gasteiger partial charge in [-0.2, -0.15) is 0 Å². The van der Waals surface area contributed by atoms with Gasteiger partial charge in [-0.3, -0.25) is 25.8 Å². The van der Waals surface area contributed by atoms with E-state index in [9.17, 15) is 20.0 Å². The third-order valence-electron chi connectivity index (χ3n) is 2.78. The lowest BCUT2D eigenvalue weighted by Gasteiger charge is -2.13. The summed E-state index contributed by atoms with van der Waals surface area (Å²) >= 11 is 0. The smallest absolute Gasteiger partial charge is 0.294 e. The van der Waals surface area contributed by atoms with Gasteiger partial charge >= 0.3 is 0 Å². The van der Waals surface area contributed by atoms with Gasteiger partial charge in [0.2, 0.25) is 0 Å². The summed E-state index contributed by atoms with van der Waals surface area (Å²) in [7, 11) is 0. The van der Waals surface area contributed by atoms with Gasteiger partial charge in [0.1, 0.15) is 5.69 Å². The van der Waals surface area contributed by atoms with Crippen LogP contribution < -0.4 is 10.9 Å². The molecule has 0 saturated carbocycles. The van der Waals surface area contributed by atoms with E-state index in [2.05, 4.69) is 10.9 Å². The Morgan fingerprint density at radius 1 is 1.10 bits per heavy atom. The third-order valence-corrected chi connectivity index (χ3v) is 2.78. The number of benzene rings is 2. The molecule has 0 saturated heterocycles. The van der Waals surface area contributed by atoms with E-state index in [1.807, 2.05) is 0 Å². The van der Waals surface area contributed by atoms with Crippen LogP contribution in [0.15, 0.2) is 54.6 Å². The molecule has 0 aliphatic rings. The molecule has 1 unspecified atom stereocenters. The number of nitrogens with one attached hydrogen (secondary N) is 2. The third kappa shape index (κ3) is 3.54. The van der Waals surface area contributed by atoms with Crippen molar-refractivity contribution < 1.29 is 14.8 Å². The average molecular weight is 287 g/mol. The van der Waals surface area contributed by atoms with Crippen LogP contribution in [0.4, 0.5) is 11.4 Å². The molecule has 2 aromatic carbocycles. The molecule has 0 spiro atoms. The standard InChI is InChI=1S/C14H13N3O4/c18-13(10-6-2-1-3-7-10)14(19)16-15-11-8-4-5-9-12(11)17(20)21/h1-9,13,15,18H,(H,16,19). The zero-order valence-electron chi connectivity index (χ0n) is 10.9. The quantitative estimate of drug-likeness (QED) is 0.574. The summed E-state index contributed by atoms with van der Waals surface area (Å²) in [6.07, 6.45) is -1.36. The summed E-state index contributed by atoms with van der Waals surface area (Å²) in [4.78, 5) is 22.1. The van der Waals surface area contributed by atoms with Crippen molar-refractivity contribution in [3.05, 3.63) is 70.3 Å². The van der Waals surface area contributed by atoms with Crippen molar-refractivity contribution in [1.82, 2.24) is 5.43 Å². The lowest BCUT2D eigenvalue weighted by molar-refractivity contribution is -0.384. The van der Waals surface area contributed by atoms with Gasteiger partial charge in [0.25, 0.3) is 11.6 Å². The Bertz CT molecular complexity index is 646. The first-order valence-electron chi connectivity index (χ1n) is 6.12. The fourth-order valence-corrected chi connectivity index (χ4v) is 1.72. The molecule has 1 atom stereocenters. The summed E-state index contributed by atoms with van der Waals surface area (Å²) in [5.41, 5.74) is 5.08. The highest BCUT2D eigenvalue weighted by atomic mass is 16.6. The summed E-state index contributed by atoms with van der Waals surface area (Å²) in [6, 6.07) is 14.2. The van der Waals surface area contributed by atoms with Crippen molar-refractivity contribution in [2.75, 3.05) is 5.43 Å². The first-order chi connectivity index (χ1) is 10.1. The van der Waals surface area contributed by atoms with Crippen LogP contribution in [0, 0.1) is 10.1 Å². The van der Waals surface area contributed by atoms with Gasteiger partial charge in [-0.15, -0.1) is 0 Å². The number of nitro groups is 1. The molecule has 2 aromatic rings. The molecule has 7 nitrogen and oxygen atoms in total. The van der Waals surface area contributed by atoms with E-state index < -0.39 is 16.9 Å². The molecule has 0 aliphatic heterocycles. The van der Waals surface area contributed by atoms with Gasteiger partial charge < -0.3 is 5.11 Å². The SMILES string of the molecule is O=C(NNc1ccccc1[N+](=O)[O-])C(O)c1ccccc1. The van der Waals surface area contributed by atoms with Crippen molar-refractivity contribution in [2.24, 2.45) is 0 Å². The lowest BCUT2D eigenvalue weighted by atomic mass is 10.1. The van der Waals surface area contributed by atoms with Gasteiger partial charge in [0.15, 0.2) is 6.10 Å². The van der Waals surface area contributed by atoms with Crippen LogP contribution in [0.3, 0.4) is 0 Å². The van der Waals surface area contributed by atoms with Crippen LogP contribution in [-0.4, -0.2) is 15.9 Å². The van der Waals surface area contributed by atoms with Gasteiger partial charge in [-0.25, -0.2) is 0 Å². The van der Waals surface area contributed by atoms with Gasteiger partial charge in [-0.1, -0.05) is 42.5 Å². The summed E-state index contributed by atoms with van der Waals surface area (Å²) in [5.74, 6) is -0.709. The highest BCUT2D eigenvalue weighted by molar-refractivity contribution is 5.83. The predicted molar refractivity (Wildman–Crippen MR) is 76.3 cm³/mol. The maximum absolute atomic E-state index is 11.8. The zero-order valence-corrected chi connectivity index (χ0v) is 10.9. The molecule has 1 amide bonds. The molecule has 3 N–H and O–H groups in total. The molecule has 0 radical (unpaired) electrons. The van der Waals surface area contributed by atoms with Crippen LogP contribution in [0.1, 0.15) is 11.7 Å². The first kappa shape index (κ1) is 14.5. The monoisotopic (exact) mass is 287 g/mol. The second-order valence-corrected chi connectivity index (χ2v) is 4.20. The number of carbonyl (C=O) groups is 1. The second kappa shape index (κ2) is 6.49. The number of para-hydroxylation sites is 2. The minimum absolute atomic E-state index is 0.135. The maximum atomic E-state index is 11.8. The summed E-state index contributed by atoms with van der Waals surface area (Å²) < 4.78 is 0. The fraction of sp³-hybridized carbons (Fsp3) is 0.0714. The van der Waals surface area contributed by atoms with Crippen molar-refractivity contribution in [1.29, 1.82) is 0 Å². The highest BCUT2D eigenvalue weighted by Gasteiger charge is 2.18. The van der Waals surface area contributed by atoms with E-state index in [1.165, 1.54) is 18.2 Å². The van der Waals surface area contributed by atoms with Crippen molar-refractivity contribution in [3.8, 4) is 0 Å². The van der Waals surface area contributed by atoms with Gasteiger partial charge in [0, 0.05) is 6.07 Å². The Hall–Kier alpha value is -2.93. The molecule has 108 valence electrons. The number of amides is 1. The number of nitrogens with zero attached hydrogens (tertiary/aromatic N) is 1. The van der Waals surface area contributed by atoms with E-state index in [4.69, 9.17) is 0 Å². The molecule has 0 bridgehead atoms. The summed E-state index contributed by atoms with van der Waals surface area (Å²) in [5, 5.41) is 20.7. The molecule has 0 heterocycles. The number of aliphatic hydroxyl groups excluding tert-OH is 1. The van der Waals surface area contributed by atoms with E-state index in [0.717, 1.165) is 0 Å². The zero-order chi connectivity index (χ0) is 15.2. The lowest BCUT2D eigenvalue weighted by Crippen LogP contribution is -2.34. The van der Waals surface area contributed by atoms with Crippen molar-refractivity contribution >= 4 is 17.3 Å². The molecular formula is C14H13N3O4. The normalized spacial score (nSPS) is 11.5. The minimum Gasteiger partial charge on any atom is -0.378 e. The Labute approximate surface area is 120 Å². The summed E-state index contributed by atoms with van der Waals surface area (Å²) in [6.45, 7) is 0. The van der Waals surface area contributed by atoms with Crippen LogP contribution >= 0.6 is 0 Å². The largest absolute Gasteiger partial charge is 0.378 e. The van der Waals surface area contributed by atoms with Crippen molar-refractivity contribution in [2.45, 2.75) is 6.10 Å². The molecule has 0 fully saturated rings. The molecular weight excluding hydrogens is 274 g/mol. The second-order valence-electron chi connectivity index (χ2n) is 4.20. The maximum Gasteiger partial charge on any atom is 0.294 e. The molecule has 0 aromatic heterocycles. The number of carbonyl (C=O) groups excluding carboxylic acids is 1. The topological polar surface area (TPSA) is 104 Å². The van der Waals surface area contributed by atoms with Crippen LogP contribution in [0.5, 0.6) is 0 Å². The fourth-order valence-electron chi connectivity index (χ4n) is 1.72. The number of hydrogen-bond donors (Lipinski definition) is 3. The number of rotatable bonds is 5. The van der Waals surface area contributed by atoms with E-state index in [-0.39, 0.29) is 11.4 Å². The van der Waals surface area contributed by atoms with E-state index in [1.54, 1.807) is 36.4 Å². The number of nitro benzene ring substituents is 1. The van der Waals surface area contributed by atoms with Gasteiger partial charge in [0.05, 0.1) is 4.92 Å². The molecule has 7 heteroatoms. The Kier molecular flexibility index (Phi) is 4.47. The minimum atomic E-state index is -1.36. The number of hydrogen-bond acceptors (Lipinski definition) is 5. The Morgan fingerprint density at radius 2 is 1.71 bits per heavy atom. The molecule has 0 aliphatic carbocycles. The highest BCUT2D eigenvalue weighted by Crippen LogP contribution is 2.22. The number of anilines is 1. The first-order valence-corrected chi connectivity index (χ1v) is 6.12. The van der Waals surface area contributed by atoms with E-state index in [0.29, 0.717) is 5.56 Å². The molecule has 21 heavy (non-hydrogen) atoms. The van der Waals surface area contributed by atoms with Crippen LogP contribution in [-0.2, 0) is 4.79 Å². The van der Waals surface area contributed by atoms with Crippen LogP contribution in [0.25, 0.3) is 0 Å². The predicted octanol–water partition coefficient (Wildman–Crippen LogP) is 1.77.